The Morgan fingerprint density at radius 1 is 1.03 bits per heavy atom. The normalized spacial score (nSPS) is 9.90. The van der Waals surface area contributed by atoms with E-state index in [-0.39, 0.29) is 5.91 Å². The molecule has 3 rings (SSSR count). The number of fused-ring (bicyclic) bond motifs is 1. The number of carbonyl (C=O) groups excluding carboxylic acids is 1. The van der Waals surface area contributed by atoms with Gasteiger partial charge in [-0.1, -0.05) is 69.5 Å². The fourth-order valence-electron chi connectivity index (χ4n) is 3.37. The van der Waals surface area contributed by atoms with E-state index in [1.165, 1.54) is 6.20 Å². The van der Waals surface area contributed by atoms with Crippen molar-refractivity contribution in [2.45, 2.75) is 33.9 Å². The lowest BCUT2D eigenvalue weighted by atomic mass is 9.98. The molecule has 0 aliphatic heterocycles. The average molecular weight is 417 g/mol. The zero-order valence-electron chi connectivity index (χ0n) is 18.6. The van der Waals surface area contributed by atoms with Gasteiger partial charge in [0.25, 0.3) is 5.91 Å². The first-order valence-corrected chi connectivity index (χ1v) is 10.4. The third-order valence-corrected chi connectivity index (χ3v) is 4.72. The molecule has 0 bridgehead atoms. The Labute approximate surface area is 185 Å². The maximum atomic E-state index is 12.4. The van der Waals surface area contributed by atoms with Crippen LogP contribution in [0.3, 0.4) is 0 Å². The highest BCUT2D eigenvalue weighted by Gasteiger charge is 2.13. The van der Waals surface area contributed by atoms with Crippen LogP contribution < -0.4 is 21.7 Å². The molecule has 0 saturated carbocycles. The second-order valence-electron chi connectivity index (χ2n) is 6.89. The van der Waals surface area contributed by atoms with Crippen LogP contribution in [0.15, 0.2) is 79.8 Å². The maximum Gasteiger partial charge on any atom is 0.255 e. The summed E-state index contributed by atoms with van der Waals surface area (Å²) in [5.74, 6) is 0.295. The molecule has 3 aromatic carbocycles. The molecule has 0 unspecified atom stereocenters. The first kappa shape index (κ1) is 23.5. The van der Waals surface area contributed by atoms with Crippen molar-refractivity contribution in [3.05, 3.63) is 102 Å². The standard InChI is InChI=1S/C24H26N4O.C2H6/c1-4-26-24(29)21-11-12-22(20-10-5-7-16(2)23(20)21)28-15-19-9-6-8-18(13-19)14-27-17(3)25;1-2/h4-13,27-28H,1,3,14-15,25H2,2H3,(H,26,29);1-2H3. The van der Waals surface area contributed by atoms with Crippen molar-refractivity contribution in [2.24, 2.45) is 5.73 Å². The predicted molar refractivity (Wildman–Crippen MR) is 132 cm³/mol. The number of hydrogen-bond donors (Lipinski definition) is 4. The summed E-state index contributed by atoms with van der Waals surface area (Å²) >= 11 is 0. The molecule has 0 aliphatic rings. The van der Waals surface area contributed by atoms with Crippen LogP contribution in [-0.2, 0) is 13.1 Å². The maximum absolute atomic E-state index is 12.4. The smallest absolute Gasteiger partial charge is 0.255 e. The number of anilines is 1. The average Bonchev–Trinajstić information content (AvgIpc) is 2.78. The molecule has 0 heterocycles. The highest BCUT2D eigenvalue weighted by atomic mass is 16.1. The molecule has 31 heavy (non-hydrogen) atoms. The number of carbonyl (C=O) groups is 1. The van der Waals surface area contributed by atoms with Gasteiger partial charge in [-0.25, -0.2) is 0 Å². The van der Waals surface area contributed by atoms with Crippen molar-refractivity contribution in [1.29, 1.82) is 0 Å². The largest absolute Gasteiger partial charge is 0.386 e. The Morgan fingerprint density at radius 2 is 1.71 bits per heavy atom. The van der Waals surface area contributed by atoms with Crippen LogP contribution in [0.2, 0.25) is 0 Å². The number of benzene rings is 3. The Morgan fingerprint density at radius 3 is 2.39 bits per heavy atom. The number of hydrogen-bond acceptors (Lipinski definition) is 4. The van der Waals surface area contributed by atoms with Gasteiger partial charge >= 0.3 is 0 Å². The molecule has 0 saturated heterocycles. The monoisotopic (exact) mass is 416 g/mol. The number of rotatable bonds is 8. The lowest BCUT2D eigenvalue weighted by molar-refractivity contribution is 0.0972. The van der Waals surface area contributed by atoms with Crippen LogP contribution in [0.5, 0.6) is 0 Å². The summed E-state index contributed by atoms with van der Waals surface area (Å²) in [5, 5.41) is 11.2. The number of nitrogens with one attached hydrogen (secondary N) is 3. The summed E-state index contributed by atoms with van der Waals surface area (Å²) < 4.78 is 0. The van der Waals surface area contributed by atoms with E-state index in [9.17, 15) is 4.79 Å². The van der Waals surface area contributed by atoms with Crippen LogP contribution in [0.25, 0.3) is 10.8 Å². The van der Waals surface area contributed by atoms with E-state index in [0.717, 1.165) is 33.2 Å². The molecular weight excluding hydrogens is 384 g/mol. The summed E-state index contributed by atoms with van der Waals surface area (Å²) in [5.41, 5.74) is 10.5. The zero-order valence-corrected chi connectivity index (χ0v) is 18.6. The zero-order chi connectivity index (χ0) is 22.8. The summed E-state index contributed by atoms with van der Waals surface area (Å²) in [6.07, 6.45) is 1.40. The molecule has 0 aromatic heterocycles. The Balaban J connectivity index is 0.00000166. The van der Waals surface area contributed by atoms with Crippen molar-refractivity contribution in [1.82, 2.24) is 10.6 Å². The van der Waals surface area contributed by atoms with Gasteiger partial charge in [0.15, 0.2) is 0 Å². The highest BCUT2D eigenvalue weighted by Crippen LogP contribution is 2.30. The summed E-state index contributed by atoms with van der Waals surface area (Å²) in [7, 11) is 0. The Kier molecular flexibility index (Phi) is 8.70. The van der Waals surface area contributed by atoms with Gasteiger partial charge in [-0.05, 0) is 47.3 Å². The van der Waals surface area contributed by atoms with Crippen molar-refractivity contribution < 1.29 is 4.79 Å². The van der Waals surface area contributed by atoms with Gasteiger partial charge in [-0.15, -0.1) is 0 Å². The molecular formula is C26H32N4O. The van der Waals surface area contributed by atoms with E-state index in [4.69, 9.17) is 5.73 Å². The lowest BCUT2D eigenvalue weighted by Gasteiger charge is -2.15. The Bertz CT molecular complexity index is 1070. The van der Waals surface area contributed by atoms with Gasteiger partial charge < -0.3 is 21.7 Å². The summed E-state index contributed by atoms with van der Waals surface area (Å²) in [4.78, 5) is 12.4. The Hall–Kier alpha value is -3.73. The fraction of sp³-hybridized carbons (Fsp3) is 0.192. The van der Waals surface area contributed by atoms with Gasteiger partial charge in [0.2, 0.25) is 0 Å². The van der Waals surface area contributed by atoms with Gasteiger partial charge in [0.1, 0.15) is 0 Å². The molecule has 3 aromatic rings. The third-order valence-electron chi connectivity index (χ3n) is 4.72. The fourth-order valence-corrected chi connectivity index (χ4v) is 3.37. The molecule has 0 fully saturated rings. The van der Waals surface area contributed by atoms with E-state index >= 15 is 0 Å². The number of nitrogens with two attached hydrogens (primary N) is 1. The van der Waals surface area contributed by atoms with E-state index in [1.807, 2.05) is 63.2 Å². The van der Waals surface area contributed by atoms with Crippen molar-refractivity contribution in [3.8, 4) is 0 Å². The molecule has 0 radical (unpaired) electrons. The van der Waals surface area contributed by atoms with Crippen LogP contribution in [0.4, 0.5) is 5.69 Å². The van der Waals surface area contributed by atoms with E-state index in [1.54, 1.807) is 0 Å². The van der Waals surface area contributed by atoms with Crippen LogP contribution in [0, 0.1) is 6.92 Å². The van der Waals surface area contributed by atoms with Gasteiger partial charge in [0, 0.05) is 29.7 Å². The molecule has 162 valence electrons. The molecule has 5 N–H and O–H groups in total. The lowest BCUT2D eigenvalue weighted by Crippen LogP contribution is -2.18. The second-order valence-corrected chi connectivity index (χ2v) is 6.89. The minimum Gasteiger partial charge on any atom is -0.386 e. The van der Waals surface area contributed by atoms with Crippen LogP contribution >= 0.6 is 0 Å². The molecule has 0 atom stereocenters. The number of amides is 1. The topological polar surface area (TPSA) is 79.2 Å². The molecule has 5 heteroatoms. The minimum atomic E-state index is -0.160. The third kappa shape index (κ3) is 6.12. The van der Waals surface area contributed by atoms with Gasteiger partial charge in [0.05, 0.1) is 5.82 Å². The van der Waals surface area contributed by atoms with Gasteiger partial charge in [-0.3, -0.25) is 4.79 Å². The highest BCUT2D eigenvalue weighted by molar-refractivity contribution is 6.11. The van der Waals surface area contributed by atoms with Crippen molar-refractivity contribution in [2.75, 3.05) is 5.32 Å². The molecule has 1 amide bonds. The first-order chi connectivity index (χ1) is 15.0. The second kappa shape index (κ2) is 11.5. The molecule has 0 aliphatic carbocycles. The first-order valence-electron chi connectivity index (χ1n) is 10.4. The van der Waals surface area contributed by atoms with Crippen LogP contribution in [0.1, 0.15) is 40.9 Å². The number of aryl methyl sites for hydroxylation is 1. The quantitative estimate of drug-likeness (QED) is 0.408. The molecule has 5 nitrogen and oxygen atoms in total. The van der Waals surface area contributed by atoms with Crippen molar-refractivity contribution >= 4 is 22.4 Å². The summed E-state index contributed by atoms with van der Waals surface area (Å²) in [6, 6.07) is 18.1. The van der Waals surface area contributed by atoms with E-state index in [2.05, 4.69) is 41.2 Å². The van der Waals surface area contributed by atoms with Gasteiger partial charge in [-0.2, -0.15) is 0 Å². The SMILES string of the molecule is C=CNC(=O)c1ccc(NCc2cccc(CNC(=C)N)c2)c2cccc(C)c12.CC. The van der Waals surface area contributed by atoms with E-state index in [0.29, 0.717) is 24.5 Å². The molecule has 0 spiro atoms. The predicted octanol–water partition coefficient (Wildman–Crippen LogP) is 5.18. The minimum absolute atomic E-state index is 0.160. The van der Waals surface area contributed by atoms with Crippen LogP contribution in [-0.4, -0.2) is 5.91 Å². The van der Waals surface area contributed by atoms with Crippen molar-refractivity contribution in [3.63, 3.8) is 0 Å². The summed E-state index contributed by atoms with van der Waals surface area (Å²) in [6.45, 7) is 14.5. The van der Waals surface area contributed by atoms with E-state index < -0.39 is 0 Å².